The molecule has 1 heterocycles. The fraction of sp³-hybridized carbons (Fsp3) is 0.647. The summed E-state index contributed by atoms with van der Waals surface area (Å²) in [7, 11) is 0. The molecule has 1 aromatic rings. The van der Waals surface area contributed by atoms with Gasteiger partial charge in [-0.2, -0.15) is 0 Å². The van der Waals surface area contributed by atoms with Gasteiger partial charge in [0.1, 0.15) is 12.4 Å². The number of hydrogen-bond acceptors (Lipinski definition) is 3. The SMILES string of the molecule is Cc1cc(OCCN2CCC(CO)C2)ccc1C(C)C. The third kappa shape index (κ3) is 3.97. The summed E-state index contributed by atoms with van der Waals surface area (Å²) in [6.07, 6.45) is 1.11. The van der Waals surface area contributed by atoms with Crippen molar-refractivity contribution in [3.63, 3.8) is 0 Å². The van der Waals surface area contributed by atoms with Gasteiger partial charge in [-0.05, 0) is 55.0 Å². The van der Waals surface area contributed by atoms with Crippen LogP contribution in [0, 0.1) is 12.8 Å². The largest absolute Gasteiger partial charge is 0.492 e. The molecule has 0 saturated carbocycles. The van der Waals surface area contributed by atoms with Crippen molar-refractivity contribution in [2.75, 3.05) is 32.8 Å². The first-order valence-corrected chi connectivity index (χ1v) is 7.66. The smallest absolute Gasteiger partial charge is 0.119 e. The van der Waals surface area contributed by atoms with Crippen LogP contribution >= 0.6 is 0 Å². The molecule has 1 fully saturated rings. The van der Waals surface area contributed by atoms with E-state index in [1.807, 2.05) is 0 Å². The van der Waals surface area contributed by atoms with Crippen LogP contribution in [0.2, 0.25) is 0 Å². The Bertz CT molecular complexity index is 431. The zero-order chi connectivity index (χ0) is 14.5. The first kappa shape index (κ1) is 15.3. The number of hydrogen-bond donors (Lipinski definition) is 1. The van der Waals surface area contributed by atoms with Crippen molar-refractivity contribution in [1.82, 2.24) is 4.90 Å². The predicted octanol–water partition coefficient (Wildman–Crippen LogP) is 2.81. The molecule has 1 aliphatic heterocycles. The highest BCUT2D eigenvalue weighted by molar-refractivity contribution is 5.36. The van der Waals surface area contributed by atoms with Crippen LogP contribution in [-0.4, -0.2) is 42.9 Å². The molecular weight excluding hydrogens is 250 g/mol. The Morgan fingerprint density at radius 3 is 2.80 bits per heavy atom. The minimum absolute atomic E-state index is 0.313. The van der Waals surface area contributed by atoms with Gasteiger partial charge in [-0.25, -0.2) is 0 Å². The van der Waals surface area contributed by atoms with Crippen molar-refractivity contribution in [3.05, 3.63) is 29.3 Å². The van der Waals surface area contributed by atoms with Gasteiger partial charge in [0.25, 0.3) is 0 Å². The van der Waals surface area contributed by atoms with E-state index in [0.29, 0.717) is 18.4 Å². The van der Waals surface area contributed by atoms with E-state index < -0.39 is 0 Å². The van der Waals surface area contributed by atoms with E-state index in [9.17, 15) is 0 Å². The first-order chi connectivity index (χ1) is 9.60. The van der Waals surface area contributed by atoms with E-state index in [4.69, 9.17) is 9.84 Å². The maximum absolute atomic E-state index is 9.13. The lowest BCUT2D eigenvalue weighted by atomic mass is 9.98. The number of aryl methyl sites for hydroxylation is 1. The van der Waals surface area contributed by atoms with Crippen LogP contribution in [0.4, 0.5) is 0 Å². The van der Waals surface area contributed by atoms with E-state index in [0.717, 1.165) is 38.4 Å². The van der Waals surface area contributed by atoms with E-state index in [-0.39, 0.29) is 0 Å². The number of benzene rings is 1. The quantitative estimate of drug-likeness (QED) is 0.868. The second kappa shape index (κ2) is 7.09. The predicted molar refractivity (Wildman–Crippen MR) is 82.4 cm³/mol. The molecule has 112 valence electrons. The number of rotatable bonds is 6. The van der Waals surface area contributed by atoms with Crippen molar-refractivity contribution >= 4 is 0 Å². The highest BCUT2D eigenvalue weighted by Crippen LogP contribution is 2.23. The third-order valence-electron chi connectivity index (χ3n) is 4.17. The van der Waals surface area contributed by atoms with Crippen molar-refractivity contribution in [1.29, 1.82) is 0 Å². The molecule has 0 amide bonds. The molecule has 0 bridgehead atoms. The van der Waals surface area contributed by atoms with Crippen LogP contribution in [0.3, 0.4) is 0 Å². The van der Waals surface area contributed by atoms with Crippen LogP contribution < -0.4 is 4.74 Å². The van der Waals surface area contributed by atoms with E-state index in [1.165, 1.54) is 11.1 Å². The standard InChI is InChI=1S/C17H27NO2/c1-13(2)17-5-4-16(10-14(17)3)20-9-8-18-7-6-15(11-18)12-19/h4-5,10,13,15,19H,6-9,11-12H2,1-3H3. The summed E-state index contributed by atoms with van der Waals surface area (Å²) in [6.45, 7) is 10.6. The maximum Gasteiger partial charge on any atom is 0.119 e. The monoisotopic (exact) mass is 277 g/mol. The molecule has 0 aromatic heterocycles. The molecule has 20 heavy (non-hydrogen) atoms. The zero-order valence-corrected chi connectivity index (χ0v) is 12.9. The van der Waals surface area contributed by atoms with Gasteiger partial charge in [-0.1, -0.05) is 19.9 Å². The van der Waals surface area contributed by atoms with E-state index >= 15 is 0 Å². The molecule has 0 spiro atoms. The van der Waals surface area contributed by atoms with Crippen LogP contribution in [0.1, 0.15) is 37.3 Å². The second-order valence-electron chi connectivity index (χ2n) is 6.16. The molecule has 2 rings (SSSR count). The Hall–Kier alpha value is -1.06. The molecule has 0 aliphatic carbocycles. The van der Waals surface area contributed by atoms with Gasteiger partial charge in [0.2, 0.25) is 0 Å². The van der Waals surface area contributed by atoms with Gasteiger partial charge in [-0.15, -0.1) is 0 Å². The van der Waals surface area contributed by atoms with Gasteiger partial charge in [0.15, 0.2) is 0 Å². The molecule has 3 heteroatoms. The summed E-state index contributed by atoms with van der Waals surface area (Å²) >= 11 is 0. The molecule has 1 unspecified atom stereocenters. The second-order valence-corrected chi connectivity index (χ2v) is 6.16. The molecule has 1 N–H and O–H groups in total. The third-order valence-corrected chi connectivity index (χ3v) is 4.17. The van der Waals surface area contributed by atoms with Gasteiger partial charge in [0, 0.05) is 19.7 Å². The molecule has 1 atom stereocenters. The normalized spacial score (nSPS) is 19.8. The molecule has 1 saturated heterocycles. The maximum atomic E-state index is 9.13. The lowest BCUT2D eigenvalue weighted by Gasteiger charge is -2.17. The molecule has 0 radical (unpaired) electrons. The summed E-state index contributed by atoms with van der Waals surface area (Å²) in [5.74, 6) is 1.98. The van der Waals surface area contributed by atoms with Crippen molar-refractivity contribution < 1.29 is 9.84 Å². The van der Waals surface area contributed by atoms with Gasteiger partial charge < -0.3 is 9.84 Å². The average Bonchev–Trinajstić information content (AvgIpc) is 2.86. The summed E-state index contributed by atoms with van der Waals surface area (Å²) in [6, 6.07) is 6.38. The van der Waals surface area contributed by atoms with Gasteiger partial charge in [-0.3, -0.25) is 4.90 Å². The molecular formula is C17H27NO2. The molecule has 3 nitrogen and oxygen atoms in total. The van der Waals surface area contributed by atoms with E-state index in [2.05, 4.69) is 43.9 Å². The fourth-order valence-electron chi connectivity index (χ4n) is 2.94. The van der Waals surface area contributed by atoms with Crippen LogP contribution in [-0.2, 0) is 0 Å². The lowest BCUT2D eigenvalue weighted by Crippen LogP contribution is -2.26. The average molecular weight is 277 g/mol. The Balaban J connectivity index is 1.78. The topological polar surface area (TPSA) is 32.7 Å². The molecule has 1 aromatic carbocycles. The minimum atomic E-state index is 0.313. The summed E-state index contributed by atoms with van der Waals surface area (Å²) < 4.78 is 5.85. The summed E-state index contributed by atoms with van der Waals surface area (Å²) in [4.78, 5) is 2.37. The number of nitrogens with zero attached hydrogens (tertiary/aromatic N) is 1. The number of ether oxygens (including phenoxy) is 1. The Kier molecular flexibility index (Phi) is 5.44. The lowest BCUT2D eigenvalue weighted by molar-refractivity contribution is 0.204. The number of aliphatic hydroxyl groups excluding tert-OH is 1. The first-order valence-electron chi connectivity index (χ1n) is 7.66. The van der Waals surface area contributed by atoms with Crippen LogP contribution in [0.5, 0.6) is 5.75 Å². The Morgan fingerprint density at radius 2 is 2.20 bits per heavy atom. The van der Waals surface area contributed by atoms with Crippen LogP contribution in [0.15, 0.2) is 18.2 Å². The Labute approximate surface area is 122 Å². The van der Waals surface area contributed by atoms with Crippen molar-refractivity contribution in [2.24, 2.45) is 5.92 Å². The van der Waals surface area contributed by atoms with Gasteiger partial charge in [0.05, 0.1) is 0 Å². The number of likely N-dealkylation sites (tertiary alicyclic amines) is 1. The highest BCUT2D eigenvalue weighted by atomic mass is 16.5. The molecule has 1 aliphatic rings. The van der Waals surface area contributed by atoms with Crippen molar-refractivity contribution in [3.8, 4) is 5.75 Å². The summed E-state index contributed by atoms with van der Waals surface area (Å²) in [5.41, 5.74) is 2.70. The van der Waals surface area contributed by atoms with Gasteiger partial charge >= 0.3 is 0 Å². The van der Waals surface area contributed by atoms with Crippen molar-refractivity contribution in [2.45, 2.75) is 33.1 Å². The minimum Gasteiger partial charge on any atom is -0.492 e. The van der Waals surface area contributed by atoms with E-state index in [1.54, 1.807) is 0 Å². The Morgan fingerprint density at radius 1 is 1.40 bits per heavy atom. The summed E-state index contributed by atoms with van der Waals surface area (Å²) in [5, 5.41) is 9.13. The van der Waals surface area contributed by atoms with Crippen LogP contribution in [0.25, 0.3) is 0 Å². The number of aliphatic hydroxyl groups is 1. The zero-order valence-electron chi connectivity index (χ0n) is 12.9. The fourth-order valence-corrected chi connectivity index (χ4v) is 2.94. The highest BCUT2D eigenvalue weighted by Gasteiger charge is 2.21.